The Kier molecular flexibility index (Phi) is 4.87. The first-order chi connectivity index (χ1) is 20.8. The first-order valence-corrected chi connectivity index (χ1v) is 14.0. The minimum atomic E-state index is 0.678. The van der Waals surface area contributed by atoms with Gasteiger partial charge in [0.2, 0.25) is 0 Å². The molecule has 196 valence electrons. The van der Waals surface area contributed by atoms with Crippen LogP contribution in [0.1, 0.15) is 0 Å². The van der Waals surface area contributed by atoms with Crippen LogP contribution in [0.3, 0.4) is 0 Å². The molecule has 3 heterocycles. The van der Waals surface area contributed by atoms with Gasteiger partial charge in [0, 0.05) is 38.1 Å². The number of hydrogen-bond acceptors (Lipinski definition) is 4. The van der Waals surface area contributed by atoms with Gasteiger partial charge in [-0.3, -0.25) is 0 Å². The molecule has 0 fully saturated rings. The molecule has 4 heteroatoms. The Morgan fingerprint density at radius 3 is 1.90 bits per heavy atom. The van der Waals surface area contributed by atoms with Gasteiger partial charge in [-0.1, -0.05) is 91.0 Å². The number of hydrogen-bond donors (Lipinski definition) is 0. The molecular formula is C38H22N2O2. The third-order valence-corrected chi connectivity index (χ3v) is 8.10. The molecule has 0 bridgehead atoms. The molecule has 3 aromatic heterocycles. The van der Waals surface area contributed by atoms with E-state index in [1.54, 1.807) is 0 Å². The van der Waals surface area contributed by atoms with E-state index in [-0.39, 0.29) is 0 Å². The van der Waals surface area contributed by atoms with E-state index >= 15 is 0 Å². The molecule has 9 rings (SSSR count). The molecule has 0 saturated heterocycles. The summed E-state index contributed by atoms with van der Waals surface area (Å²) in [6.45, 7) is 0. The Morgan fingerprint density at radius 2 is 1.05 bits per heavy atom. The lowest BCUT2D eigenvalue weighted by Crippen LogP contribution is -1.95. The van der Waals surface area contributed by atoms with E-state index in [1.807, 2.05) is 66.7 Å². The van der Waals surface area contributed by atoms with Crippen LogP contribution < -0.4 is 0 Å². The Hall–Kier alpha value is -5.74. The fourth-order valence-corrected chi connectivity index (χ4v) is 6.11. The minimum absolute atomic E-state index is 0.678. The van der Waals surface area contributed by atoms with Crippen LogP contribution in [0.2, 0.25) is 0 Å². The SMILES string of the molecule is c1ccc(-c2nc(-c3cccc4oc5ccc(-c6ccc7oc8ccccc8c7c6)cc5c34)nc3ccccc23)cc1. The number of rotatable bonds is 3. The largest absolute Gasteiger partial charge is 0.456 e. The van der Waals surface area contributed by atoms with Crippen molar-refractivity contribution in [1.82, 2.24) is 9.97 Å². The predicted octanol–water partition coefficient (Wildman–Crippen LogP) is 10.4. The van der Waals surface area contributed by atoms with E-state index in [0.29, 0.717) is 5.82 Å². The fraction of sp³-hybridized carbons (Fsp3) is 0. The zero-order valence-corrected chi connectivity index (χ0v) is 22.4. The van der Waals surface area contributed by atoms with Gasteiger partial charge in [-0.2, -0.15) is 0 Å². The zero-order valence-electron chi connectivity index (χ0n) is 22.4. The number of para-hydroxylation sites is 2. The summed E-state index contributed by atoms with van der Waals surface area (Å²) in [6.07, 6.45) is 0. The lowest BCUT2D eigenvalue weighted by atomic mass is 9.99. The summed E-state index contributed by atoms with van der Waals surface area (Å²) in [7, 11) is 0. The molecule has 0 N–H and O–H groups in total. The Morgan fingerprint density at radius 1 is 0.405 bits per heavy atom. The molecule has 0 aliphatic heterocycles. The Bertz CT molecular complexity index is 2470. The summed E-state index contributed by atoms with van der Waals surface area (Å²) in [4.78, 5) is 10.2. The molecule has 42 heavy (non-hydrogen) atoms. The maximum atomic E-state index is 6.35. The van der Waals surface area contributed by atoms with E-state index in [9.17, 15) is 0 Å². The molecule has 9 aromatic rings. The number of nitrogens with zero attached hydrogens (tertiary/aromatic N) is 2. The summed E-state index contributed by atoms with van der Waals surface area (Å²) < 4.78 is 12.4. The van der Waals surface area contributed by atoms with Crippen molar-refractivity contribution in [3.8, 4) is 33.8 Å². The van der Waals surface area contributed by atoms with Gasteiger partial charge in [-0.15, -0.1) is 0 Å². The topological polar surface area (TPSA) is 52.1 Å². The van der Waals surface area contributed by atoms with Crippen molar-refractivity contribution in [2.45, 2.75) is 0 Å². The quantitative estimate of drug-likeness (QED) is 0.224. The van der Waals surface area contributed by atoms with Gasteiger partial charge in [0.25, 0.3) is 0 Å². The van der Waals surface area contributed by atoms with Gasteiger partial charge in [0.05, 0.1) is 11.2 Å². The average Bonchev–Trinajstić information content (AvgIpc) is 3.62. The average molecular weight is 539 g/mol. The Labute approximate surface area is 240 Å². The van der Waals surface area contributed by atoms with Crippen LogP contribution in [-0.2, 0) is 0 Å². The van der Waals surface area contributed by atoms with Crippen LogP contribution >= 0.6 is 0 Å². The number of benzene rings is 6. The number of aromatic nitrogens is 2. The summed E-state index contributed by atoms with van der Waals surface area (Å²) in [5.74, 6) is 0.678. The monoisotopic (exact) mass is 538 g/mol. The van der Waals surface area contributed by atoms with Crippen molar-refractivity contribution in [1.29, 1.82) is 0 Å². The fourth-order valence-electron chi connectivity index (χ4n) is 6.11. The molecule has 0 atom stereocenters. The van der Waals surface area contributed by atoms with Crippen LogP contribution in [0.15, 0.2) is 142 Å². The van der Waals surface area contributed by atoms with Crippen LogP contribution in [-0.4, -0.2) is 9.97 Å². The molecule has 0 unspecified atom stereocenters. The lowest BCUT2D eigenvalue weighted by Gasteiger charge is -2.10. The van der Waals surface area contributed by atoms with Crippen LogP contribution in [0.25, 0.3) is 88.6 Å². The van der Waals surface area contributed by atoms with Crippen LogP contribution in [0.5, 0.6) is 0 Å². The maximum Gasteiger partial charge on any atom is 0.161 e. The van der Waals surface area contributed by atoms with Gasteiger partial charge in [0.15, 0.2) is 5.82 Å². The van der Waals surface area contributed by atoms with Crippen molar-refractivity contribution >= 4 is 54.8 Å². The van der Waals surface area contributed by atoms with E-state index < -0.39 is 0 Å². The summed E-state index contributed by atoms with van der Waals surface area (Å²) in [6, 6.07) is 45.6. The molecular weight excluding hydrogens is 516 g/mol. The van der Waals surface area contributed by atoms with E-state index in [0.717, 1.165) is 82.7 Å². The molecule has 0 aliphatic rings. The highest BCUT2D eigenvalue weighted by Crippen LogP contribution is 2.40. The molecule has 0 radical (unpaired) electrons. The second-order valence-electron chi connectivity index (χ2n) is 10.6. The standard InChI is InChI=1S/C38H22N2O2/c1-2-9-23(10-3-1)37-27-12-4-6-14-31(27)39-38(40-37)28-13-8-16-35-36(28)30-22-25(18-20-34(30)42-35)24-17-19-33-29(21-24)26-11-5-7-15-32(26)41-33/h1-22H. The van der Waals surface area contributed by atoms with Gasteiger partial charge in [-0.25, -0.2) is 9.97 Å². The Balaban J connectivity index is 1.27. The summed E-state index contributed by atoms with van der Waals surface area (Å²) in [5.41, 5.74) is 9.50. The van der Waals surface area contributed by atoms with Gasteiger partial charge >= 0.3 is 0 Å². The van der Waals surface area contributed by atoms with Crippen LogP contribution in [0, 0.1) is 0 Å². The smallest absolute Gasteiger partial charge is 0.161 e. The highest BCUT2D eigenvalue weighted by Gasteiger charge is 2.18. The van der Waals surface area contributed by atoms with Crippen molar-refractivity contribution < 1.29 is 8.83 Å². The lowest BCUT2D eigenvalue weighted by molar-refractivity contribution is 0.668. The van der Waals surface area contributed by atoms with Crippen molar-refractivity contribution in [3.63, 3.8) is 0 Å². The molecule has 6 aromatic carbocycles. The van der Waals surface area contributed by atoms with Gasteiger partial charge < -0.3 is 8.83 Å². The highest BCUT2D eigenvalue weighted by atomic mass is 16.3. The first-order valence-electron chi connectivity index (χ1n) is 14.0. The second kappa shape index (κ2) is 8.88. The summed E-state index contributed by atoms with van der Waals surface area (Å²) >= 11 is 0. The van der Waals surface area contributed by atoms with Crippen molar-refractivity contribution in [2.24, 2.45) is 0 Å². The maximum absolute atomic E-state index is 6.35. The molecule has 0 amide bonds. The second-order valence-corrected chi connectivity index (χ2v) is 10.6. The predicted molar refractivity (Wildman–Crippen MR) is 170 cm³/mol. The van der Waals surface area contributed by atoms with E-state index in [1.165, 1.54) is 0 Å². The minimum Gasteiger partial charge on any atom is -0.456 e. The normalized spacial score (nSPS) is 11.8. The van der Waals surface area contributed by atoms with Crippen LogP contribution in [0.4, 0.5) is 0 Å². The number of fused-ring (bicyclic) bond motifs is 7. The van der Waals surface area contributed by atoms with Crippen molar-refractivity contribution in [2.75, 3.05) is 0 Å². The van der Waals surface area contributed by atoms with E-state index in [2.05, 4.69) is 66.7 Å². The summed E-state index contributed by atoms with van der Waals surface area (Å²) in [5, 5.41) is 5.31. The van der Waals surface area contributed by atoms with Gasteiger partial charge in [-0.05, 0) is 53.6 Å². The third-order valence-electron chi connectivity index (χ3n) is 8.10. The third kappa shape index (κ3) is 3.49. The van der Waals surface area contributed by atoms with E-state index in [4.69, 9.17) is 18.8 Å². The zero-order chi connectivity index (χ0) is 27.6. The first kappa shape index (κ1) is 23.0. The molecule has 0 spiro atoms. The van der Waals surface area contributed by atoms with Crippen molar-refractivity contribution in [3.05, 3.63) is 133 Å². The molecule has 0 aliphatic carbocycles. The highest BCUT2D eigenvalue weighted by molar-refractivity contribution is 6.13. The molecule has 0 saturated carbocycles. The van der Waals surface area contributed by atoms with Gasteiger partial charge in [0.1, 0.15) is 22.3 Å². The molecule has 4 nitrogen and oxygen atoms in total. The number of furan rings is 2.